The zero-order valence-corrected chi connectivity index (χ0v) is 13.4. The average molecular weight is 320 g/mol. The lowest BCUT2D eigenvalue weighted by Gasteiger charge is -2.17. The molecule has 0 saturated carbocycles. The van der Waals surface area contributed by atoms with Crippen LogP contribution in [0.1, 0.15) is 12.5 Å². The molecule has 0 aliphatic heterocycles. The molecule has 2 unspecified atom stereocenters. The van der Waals surface area contributed by atoms with E-state index in [2.05, 4.69) is 10.3 Å². The number of H-pyrrole nitrogens is 1. The van der Waals surface area contributed by atoms with Crippen molar-refractivity contribution in [2.24, 2.45) is 5.92 Å². The van der Waals surface area contributed by atoms with Crippen LogP contribution in [0.4, 0.5) is 0 Å². The standard InChI is InChI=1S/C16H20N2O3S/c1-10(9-22-2)15(19)18-14(16(20)21)7-11-8-17-13-6-4-3-5-12(11)13/h3-6,8,10,14,17H,7,9H2,1-2H3,(H,18,19)(H,20,21). The summed E-state index contributed by atoms with van der Waals surface area (Å²) in [7, 11) is 0. The van der Waals surface area contributed by atoms with E-state index >= 15 is 0 Å². The lowest BCUT2D eigenvalue weighted by atomic mass is 10.0. The second-order valence-electron chi connectivity index (χ2n) is 5.32. The van der Waals surface area contributed by atoms with Gasteiger partial charge in [-0.2, -0.15) is 11.8 Å². The fourth-order valence-corrected chi connectivity index (χ4v) is 3.01. The maximum absolute atomic E-state index is 12.0. The summed E-state index contributed by atoms with van der Waals surface area (Å²) < 4.78 is 0. The molecule has 2 atom stereocenters. The van der Waals surface area contributed by atoms with Crippen molar-refractivity contribution in [3.63, 3.8) is 0 Å². The topological polar surface area (TPSA) is 82.2 Å². The molecule has 118 valence electrons. The maximum atomic E-state index is 12.0. The predicted molar refractivity (Wildman–Crippen MR) is 89.1 cm³/mol. The largest absolute Gasteiger partial charge is 0.480 e. The van der Waals surface area contributed by atoms with Gasteiger partial charge >= 0.3 is 5.97 Å². The van der Waals surface area contributed by atoms with Crippen LogP contribution in [0.15, 0.2) is 30.5 Å². The summed E-state index contributed by atoms with van der Waals surface area (Å²) in [5.41, 5.74) is 1.85. The van der Waals surface area contributed by atoms with Gasteiger partial charge in [0.2, 0.25) is 5.91 Å². The molecule has 0 fully saturated rings. The molecule has 0 aliphatic carbocycles. The lowest BCUT2D eigenvalue weighted by Crippen LogP contribution is -2.44. The van der Waals surface area contributed by atoms with E-state index in [1.807, 2.05) is 30.5 Å². The van der Waals surface area contributed by atoms with Crippen LogP contribution < -0.4 is 5.32 Å². The molecule has 1 aromatic heterocycles. The van der Waals surface area contributed by atoms with Gasteiger partial charge in [-0.15, -0.1) is 0 Å². The molecule has 2 rings (SSSR count). The molecule has 0 radical (unpaired) electrons. The number of carbonyl (C=O) groups is 2. The lowest BCUT2D eigenvalue weighted by molar-refractivity contribution is -0.142. The van der Waals surface area contributed by atoms with Gasteiger partial charge in [-0.05, 0) is 17.9 Å². The first kappa shape index (κ1) is 16.4. The Morgan fingerprint density at radius 1 is 1.36 bits per heavy atom. The van der Waals surface area contributed by atoms with E-state index < -0.39 is 12.0 Å². The van der Waals surface area contributed by atoms with Crippen molar-refractivity contribution in [1.29, 1.82) is 0 Å². The zero-order chi connectivity index (χ0) is 16.1. The van der Waals surface area contributed by atoms with Gasteiger partial charge in [0.25, 0.3) is 0 Å². The van der Waals surface area contributed by atoms with Gasteiger partial charge in [0.05, 0.1) is 0 Å². The molecule has 1 aromatic carbocycles. The van der Waals surface area contributed by atoms with Crippen molar-refractivity contribution in [3.8, 4) is 0 Å². The number of carboxylic acid groups (broad SMARTS) is 1. The minimum atomic E-state index is -1.02. The van der Waals surface area contributed by atoms with Crippen LogP contribution in [0.2, 0.25) is 0 Å². The molecular weight excluding hydrogens is 300 g/mol. The minimum absolute atomic E-state index is 0.209. The Hall–Kier alpha value is -1.95. The Bertz CT molecular complexity index is 668. The number of aromatic amines is 1. The Morgan fingerprint density at radius 2 is 2.09 bits per heavy atom. The number of aromatic nitrogens is 1. The van der Waals surface area contributed by atoms with Gasteiger partial charge in [-0.1, -0.05) is 25.1 Å². The van der Waals surface area contributed by atoms with Crippen LogP contribution in [0, 0.1) is 5.92 Å². The van der Waals surface area contributed by atoms with Crippen molar-refractivity contribution in [2.45, 2.75) is 19.4 Å². The molecule has 1 heterocycles. The number of fused-ring (bicyclic) bond motifs is 1. The van der Waals surface area contributed by atoms with Crippen molar-refractivity contribution >= 4 is 34.5 Å². The number of amides is 1. The number of nitrogens with one attached hydrogen (secondary N) is 2. The van der Waals surface area contributed by atoms with E-state index in [9.17, 15) is 14.7 Å². The number of para-hydroxylation sites is 1. The molecule has 22 heavy (non-hydrogen) atoms. The van der Waals surface area contributed by atoms with Gasteiger partial charge < -0.3 is 15.4 Å². The third kappa shape index (κ3) is 3.82. The van der Waals surface area contributed by atoms with Crippen LogP contribution in [-0.4, -0.2) is 40.0 Å². The number of rotatable bonds is 7. The maximum Gasteiger partial charge on any atom is 0.326 e. The van der Waals surface area contributed by atoms with Crippen molar-refractivity contribution in [1.82, 2.24) is 10.3 Å². The third-order valence-corrected chi connectivity index (χ3v) is 4.41. The summed E-state index contributed by atoms with van der Waals surface area (Å²) in [4.78, 5) is 26.6. The van der Waals surface area contributed by atoms with Crippen LogP contribution in [0.5, 0.6) is 0 Å². The second kappa shape index (κ2) is 7.35. The number of benzene rings is 1. The Labute approximate surface area is 133 Å². The molecule has 0 aliphatic rings. The van der Waals surface area contributed by atoms with Crippen LogP contribution in [0.3, 0.4) is 0 Å². The highest BCUT2D eigenvalue weighted by molar-refractivity contribution is 7.98. The summed E-state index contributed by atoms with van der Waals surface area (Å²) >= 11 is 1.57. The number of carbonyl (C=O) groups excluding carboxylic acids is 1. The van der Waals surface area contributed by atoms with Crippen LogP contribution in [-0.2, 0) is 16.0 Å². The molecule has 0 bridgehead atoms. The van der Waals surface area contributed by atoms with Gasteiger partial charge in [-0.3, -0.25) is 4.79 Å². The molecule has 6 heteroatoms. The number of aliphatic carboxylic acids is 1. The van der Waals surface area contributed by atoms with Gasteiger partial charge in [0.1, 0.15) is 6.04 Å². The van der Waals surface area contributed by atoms with E-state index in [1.165, 1.54) is 0 Å². The van der Waals surface area contributed by atoms with Gasteiger partial charge in [0, 0.05) is 35.2 Å². The number of hydrogen-bond donors (Lipinski definition) is 3. The molecule has 5 nitrogen and oxygen atoms in total. The summed E-state index contributed by atoms with van der Waals surface area (Å²) in [6.07, 6.45) is 3.99. The summed E-state index contributed by atoms with van der Waals surface area (Å²) in [5.74, 6) is -0.776. The number of carboxylic acids is 1. The molecule has 2 aromatic rings. The van der Waals surface area contributed by atoms with E-state index in [0.29, 0.717) is 5.75 Å². The van der Waals surface area contributed by atoms with Crippen molar-refractivity contribution in [3.05, 3.63) is 36.0 Å². The number of thioether (sulfide) groups is 1. The van der Waals surface area contributed by atoms with Crippen LogP contribution in [0.25, 0.3) is 10.9 Å². The summed E-state index contributed by atoms with van der Waals surface area (Å²) in [5, 5.41) is 13.0. The van der Waals surface area contributed by atoms with Gasteiger partial charge in [-0.25, -0.2) is 4.79 Å². The van der Waals surface area contributed by atoms with Crippen molar-refractivity contribution in [2.75, 3.05) is 12.0 Å². The Kier molecular flexibility index (Phi) is 5.49. The average Bonchev–Trinajstić information content (AvgIpc) is 2.90. The van der Waals surface area contributed by atoms with Crippen LogP contribution >= 0.6 is 11.8 Å². The second-order valence-corrected chi connectivity index (χ2v) is 6.23. The quantitative estimate of drug-likeness (QED) is 0.731. The molecule has 3 N–H and O–H groups in total. The third-order valence-electron chi connectivity index (χ3n) is 3.58. The smallest absolute Gasteiger partial charge is 0.326 e. The van der Waals surface area contributed by atoms with E-state index in [-0.39, 0.29) is 18.2 Å². The zero-order valence-electron chi connectivity index (χ0n) is 12.6. The Balaban J connectivity index is 2.12. The van der Waals surface area contributed by atoms with E-state index in [0.717, 1.165) is 16.5 Å². The fourth-order valence-electron chi connectivity index (χ4n) is 2.36. The number of hydrogen-bond acceptors (Lipinski definition) is 3. The highest BCUT2D eigenvalue weighted by Crippen LogP contribution is 2.19. The van der Waals surface area contributed by atoms with E-state index in [4.69, 9.17) is 0 Å². The van der Waals surface area contributed by atoms with E-state index in [1.54, 1.807) is 24.9 Å². The van der Waals surface area contributed by atoms with Gasteiger partial charge in [0.15, 0.2) is 0 Å². The first-order valence-corrected chi connectivity index (χ1v) is 8.49. The summed E-state index contributed by atoms with van der Waals surface area (Å²) in [6.45, 7) is 1.80. The SMILES string of the molecule is CSCC(C)C(=O)NC(Cc1c[nH]c2ccccc12)C(=O)O. The molecule has 0 saturated heterocycles. The monoisotopic (exact) mass is 320 g/mol. The highest BCUT2D eigenvalue weighted by atomic mass is 32.2. The first-order valence-electron chi connectivity index (χ1n) is 7.10. The minimum Gasteiger partial charge on any atom is -0.480 e. The molecule has 1 amide bonds. The fraction of sp³-hybridized carbons (Fsp3) is 0.375. The molecule has 0 spiro atoms. The normalized spacial score (nSPS) is 13.7. The Morgan fingerprint density at radius 3 is 2.77 bits per heavy atom. The first-order chi connectivity index (χ1) is 10.5. The predicted octanol–water partition coefficient (Wildman–Crippen LogP) is 2.28. The highest BCUT2D eigenvalue weighted by Gasteiger charge is 2.24. The summed E-state index contributed by atoms with van der Waals surface area (Å²) in [6, 6.07) is 6.79. The van der Waals surface area contributed by atoms with Crippen molar-refractivity contribution < 1.29 is 14.7 Å². The molecular formula is C16H20N2O3S.